The first-order valence-electron chi connectivity index (χ1n) is 3.71. The number of anilines is 1. The Morgan fingerprint density at radius 1 is 1.62 bits per heavy atom. The lowest BCUT2D eigenvalue weighted by Crippen LogP contribution is -2.11. The maximum absolute atomic E-state index is 10.4. The molecule has 13 heavy (non-hydrogen) atoms. The molecule has 0 aliphatic heterocycles. The summed E-state index contributed by atoms with van der Waals surface area (Å²) in [4.78, 5) is 3.72. The van der Waals surface area contributed by atoms with Crippen molar-refractivity contribution >= 4 is 16.1 Å². The van der Waals surface area contributed by atoms with Gasteiger partial charge in [-0.1, -0.05) is 6.92 Å². The monoisotopic (exact) mass is 202 g/mol. The van der Waals surface area contributed by atoms with Gasteiger partial charge in [0.25, 0.3) is 0 Å². The summed E-state index contributed by atoms with van der Waals surface area (Å²) in [6.07, 6.45) is 2.26. The lowest BCUT2D eigenvalue weighted by molar-refractivity contribution is 0.489. The minimum absolute atomic E-state index is 0.127. The van der Waals surface area contributed by atoms with Gasteiger partial charge in [-0.15, -0.1) is 0 Å². The Balaban J connectivity index is 2.90. The van der Waals surface area contributed by atoms with E-state index in [9.17, 15) is 8.42 Å². The number of hydrogen-bond donors (Lipinski definition) is 2. The number of pyridine rings is 1. The highest BCUT2D eigenvalue weighted by Gasteiger charge is 2.04. The van der Waals surface area contributed by atoms with E-state index in [4.69, 9.17) is 4.55 Å². The Labute approximate surface area is 76.7 Å². The maximum Gasteiger partial charge on any atom is 0.358 e. The second kappa shape index (κ2) is 3.71. The first kappa shape index (κ1) is 9.94. The normalized spacial score (nSPS) is 11.2. The van der Waals surface area contributed by atoms with Gasteiger partial charge in [-0.2, -0.15) is 8.42 Å². The number of hydrogen-bond acceptors (Lipinski definition) is 3. The van der Waals surface area contributed by atoms with Crippen molar-refractivity contribution in [3.8, 4) is 0 Å². The first-order chi connectivity index (χ1) is 6.01. The van der Waals surface area contributed by atoms with E-state index in [-0.39, 0.29) is 5.82 Å². The summed E-state index contributed by atoms with van der Waals surface area (Å²) in [5, 5.41) is 0. The average molecular weight is 202 g/mol. The maximum atomic E-state index is 10.4. The fourth-order valence-electron chi connectivity index (χ4n) is 0.882. The van der Waals surface area contributed by atoms with Gasteiger partial charge in [0.15, 0.2) is 0 Å². The number of nitrogens with one attached hydrogen (secondary N) is 1. The Morgan fingerprint density at radius 2 is 2.31 bits per heavy atom. The van der Waals surface area contributed by atoms with Crippen LogP contribution in [-0.4, -0.2) is 18.0 Å². The highest BCUT2D eigenvalue weighted by atomic mass is 32.2. The zero-order chi connectivity index (χ0) is 9.90. The predicted octanol–water partition coefficient (Wildman–Crippen LogP) is 0.859. The summed E-state index contributed by atoms with van der Waals surface area (Å²) >= 11 is 0. The second-order valence-electron chi connectivity index (χ2n) is 2.48. The van der Waals surface area contributed by atoms with Gasteiger partial charge in [-0.25, -0.2) is 9.71 Å². The van der Waals surface area contributed by atoms with Gasteiger partial charge in [0, 0.05) is 6.20 Å². The molecular formula is C7H10N2O3S. The van der Waals surface area contributed by atoms with E-state index in [2.05, 4.69) is 4.98 Å². The van der Waals surface area contributed by atoms with E-state index in [1.54, 1.807) is 12.1 Å². The van der Waals surface area contributed by atoms with Crippen LogP contribution in [0.15, 0.2) is 18.3 Å². The van der Waals surface area contributed by atoms with Crippen LogP contribution in [0.2, 0.25) is 0 Å². The van der Waals surface area contributed by atoms with Crippen LogP contribution >= 0.6 is 0 Å². The summed E-state index contributed by atoms with van der Waals surface area (Å²) in [6.45, 7) is 1.94. The highest BCUT2D eigenvalue weighted by molar-refractivity contribution is 7.87. The summed E-state index contributed by atoms with van der Waals surface area (Å²) < 4.78 is 31.1. The Kier molecular flexibility index (Phi) is 2.84. The van der Waals surface area contributed by atoms with E-state index in [0.717, 1.165) is 12.0 Å². The molecule has 0 unspecified atom stereocenters. The molecular weight excluding hydrogens is 192 g/mol. The van der Waals surface area contributed by atoms with Gasteiger partial charge in [0.05, 0.1) is 0 Å². The molecule has 1 heterocycles. The van der Waals surface area contributed by atoms with Crippen molar-refractivity contribution < 1.29 is 13.0 Å². The van der Waals surface area contributed by atoms with Crippen LogP contribution in [0.4, 0.5) is 5.82 Å². The van der Waals surface area contributed by atoms with E-state index < -0.39 is 10.3 Å². The molecule has 0 aromatic carbocycles. The zero-order valence-corrected chi connectivity index (χ0v) is 7.87. The number of rotatable bonds is 3. The van der Waals surface area contributed by atoms with Gasteiger partial charge in [0.1, 0.15) is 5.82 Å². The summed E-state index contributed by atoms with van der Waals surface area (Å²) in [5.41, 5.74) is 0.946. The molecule has 0 bridgehead atoms. The third kappa shape index (κ3) is 3.39. The fourth-order valence-corrected chi connectivity index (χ4v) is 1.26. The van der Waals surface area contributed by atoms with E-state index >= 15 is 0 Å². The van der Waals surface area contributed by atoms with Crippen molar-refractivity contribution in [2.75, 3.05) is 4.72 Å². The number of aryl methyl sites for hydroxylation is 1. The molecule has 0 radical (unpaired) electrons. The minimum atomic E-state index is -4.21. The summed E-state index contributed by atoms with van der Waals surface area (Å²) in [5.74, 6) is 0.127. The van der Waals surface area contributed by atoms with Crippen molar-refractivity contribution in [1.82, 2.24) is 4.98 Å². The topological polar surface area (TPSA) is 79.3 Å². The van der Waals surface area contributed by atoms with Crippen molar-refractivity contribution in [2.45, 2.75) is 13.3 Å². The molecule has 1 aromatic heterocycles. The molecule has 0 amide bonds. The molecule has 0 spiro atoms. The number of aromatic nitrogens is 1. The van der Waals surface area contributed by atoms with Crippen LogP contribution in [-0.2, 0) is 16.7 Å². The van der Waals surface area contributed by atoms with E-state index in [1.165, 1.54) is 6.20 Å². The van der Waals surface area contributed by atoms with Crippen molar-refractivity contribution in [3.05, 3.63) is 23.9 Å². The number of nitrogens with zero attached hydrogens (tertiary/aromatic N) is 1. The Bertz CT molecular complexity index is 388. The smallest absolute Gasteiger partial charge is 0.269 e. The van der Waals surface area contributed by atoms with Gasteiger partial charge >= 0.3 is 10.3 Å². The standard InChI is InChI=1S/C7H10N2O3S/c1-2-6-3-4-8-7(5-6)9-13(10,11)12/h3-5H,2H2,1H3,(H,8,9)(H,10,11,12). The molecule has 0 saturated carbocycles. The molecule has 2 N–H and O–H groups in total. The van der Waals surface area contributed by atoms with Crippen LogP contribution in [0, 0.1) is 0 Å². The van der Waals surface area contributed by atoms with Gasteiger partial charge in [0.2, 0.25) is 0 Å². The lowest BCUT2D eigenvalue weighted by Gasteiger charge is -2.02. The summed E-state index contributed by atoms with van der Waals surface area (Å²) in [7, 11) is -4.21. The third-order valence-electron chi connectivity index (χ3n) is 1.47. The summed E-state index contributed by atoms with van der Waals surface area (Å²) in [6, 6.07) is 3.34. The van der Waals surface area contributed by atoms with Crippen LogP contribution in [0.1, 0.15) is 12.5 Å². The van der Waals surface area contributed by atoms with Crippen LogP contribution in [0.5, 0.6) is 0 Å². The molecule has 0 saturated heterocycles. The molecule has 5 nitrogen and oxygen atoms in total. The SMILES string of the molecule is CCc1ccnc(NS(=O)(=O)O)c1. The first-order valence-corrected chi connectivity index (χ1v) is 5.15. The van der Waals surface area contributed by atoms with Crippen molar-refractivity contribution in [1.29, 1.82) is 0 Å². The zero-order valence-electron chi connectivity index (χ0n) is 7.06. The molecule has 0 atom stereocenters. The second-order valence-corrected chi connectivity index (χ2v) is 3.63. The molecule has 1 aromatic rings. The van der Waals surface area contributed by atoms with E-state index in [1.807, 2.05) is 11.6 Å². The highest BCUT2D eigenvalue weighted by Crippen LogP contribution is 2.07. The Hall–Kier alpha value is -1.14. The molecule has 1 rings (SSSR count). The van der Waals surface area contributed by atoms with Crippen LogP contribution in [0.25, 0.3) is 0 Å². The average Bonchev–Trinajstić information content (AvgIpc) is 2.01. The van der Waals surface area contributed by atoms with Crippen LogP contribution < -0.4 is 4.72 Å². The van der Waals surface area contributed by atoms with Crippen LogP contribution in [0.3, 0.4) is 0 Å². The van der Waals surface area contributed by atoms with E-state index in [0.29, 0.717) is 0 Å². The molecule has 0 aliphatic carbocycles. The molecule has 72 valence electrons. The molecule has 6 heteroatoms. The Morgan fingerprint density at radius 3 is 2.85 bits per heavy atom. The largest absolute Gasteiger partial charge is 0.358 e. The predicted molar refractivity (Wildman–Crippen MR) is 48.8 cm³/mol. The third-order valence-corrected chi connectivity index (χ3v) is 1.93. The molecule has 0 fully saturated rings. The molecule has 0 aliphatic rings. The van der Waals surface area contributed by atoms with Crippen molar-refractivity contribution in [2.24, 2.45) is 0 Å². The van der Waals surface area contributed by atoms with Gasteiger partial charge in [-0.3, -0.25) is 4.55 Å². The quantitative estimate of drug-likeness (QED) is 0.712. The van der Waals surface area contributed by atoms with Crippen molar-refractivity contribution in [3.63, 3.8) is 0 Å². The fraction of sp³-hybridized carbons (Fsp3) is 0.286. The van der Waals surface area contributed by atoms with Gasteiger partial charge in [-0.05, 0) is 24.1 Å². The lowest BCUT2D eigenvalue weighted by atomic mass is 10.2. The van der Waals surface area contributed by atoms with Gasteiger partial charge < -0.3 is 0 Å². The minimum Gasteiger partial charge on any atom is -0.269 e.